The van der Waals surface area contributed by atoms with E-state index in [1.165, 1.54) is 12.1 Å². The molecular formula is C14H20BrNO3S. The lowest BCUT2D eigenvalue weighted by molar-refractivity contribution is 0.0706. The predicted molar refractivity (Wildman–Crippen MR) is 84.1 cm³/mol. The highest BCUT2D eigenvalue weighted by Gasteiger charge is 2.18. The molecule has 4 nitrogen and oxygen atoms in total. The Labute approximate surface area is 129 Å². The summed E-state index contributed by atoms with van der Waals surface area (Å²) in [6, 6.07) is 6.21. The molecule has 0 aliphatic rings. The van der Waals surface area contributed by atoms with Crippen LogP contribution < -0.4 is 0 Å². The Kier molecular flexibility index (Phi) is 6.20. The van der Waals surface area contributed by atoms with Crippen molar-refractivity contribution in [3.8, 4) is 0 Å². The summed E-state index contributed by atoms with van der Waals surface area (Å²) in [6.45, 7) is 4.61. The number of carbonyl (C=O) groups excluding carboxylic acids is 1. The molecule has 0 unspecified atom stereocenters. The zero-order chi connectivity index (χ0) is 15.3. The van der Waals surface area contributed by atoms with Crippen molar-refractivity contribution in [2.45, 2.75) is 31.2 Å². The Morgan fingerprint density at radius 3 is 2.20 bits per heavy atom. The van der Waals surface area contributed by atoms with Crippen LogP contribution in [-0.2, 0) is 9.84 Å². The minimum Gasteiger partial charge on any atom is -0.336 e. The van der Waals surface area contributed by atoms with E-state index in [1.807, 2.05) is 13.8 Å². The van der Waals surface area contributed by atoms with Crippen LogP contribution in [0.5, 0.6) is 0 Å². The van der Waals surface area contributed by atoms with Crippen molar-refractivity contribution in [3.05, 3.63) is 29.8 Å². The molecule has 20 heavy (non-hydrogen) atoms. The summed E-state index contributed by atoms with van der Waals surface area (Å²) in [7, 11) is -3.23. The van der Waals surface area contributed by atoms with Crippen molar-refractivity contribution >= 4 is 31.7 Å². The van der Waals surface area contributed by atoms with Gasteiger partial charge in [-0.3, -0.25) is 4.79 Å². The van der Waals surface area contributed by atoms with E-state index in [-0.39, 0.29) is 16.8 Å². The van der Waals surface area contributed by atoms with Crippen LogP contribution in [0.25, 0.3) is 0 Å². The number of amides is 1. The molecule has 0 atom stereocenters. The highest BCUT2D eigenvalue weighted by atomic mass is 79.9. The van der Waals surface area contributed by atoms with E-state index in [1.54, 1.807) is 17.0 Å². The van der Waals surface area contributed by atoms with E-state index in [9.17, 15) is 13.2 Å². The number of halogens is 1. The van der Waals surface area contributed by atoms with E-state index in [0.29, 0.717) is 12.1 Å². The van der Waals surface area contributed by atoms with Crippen LogP contribution in [0.1, 0.15) is 30.6 Å². The van der Waals surface area contributed by atoms with E-state index >= 15 is 0 Å². The van der Waals surface area contributed by atoms with Gasteiger partial charge in [-0.2, -0.15) is 0 Å². The largest absolute Gasteiger partial charge is 0.336 e. The second-order valence-electron chi connectivity index (χ2n) is 4.93. The molecule has 0 aliphatic heterocycles. The number of rotatable bonds is 6. The molecular weight excluding hydrogens is 342 g/mol. The summed E-state index contributed by atoms with van der Waals surface area (Å²) in [5, 5.41) is 0.844. The fraction of sp³-hybridized carbons (Fsp3) is 0.500. The van der Waals surface area contributed by atoms with Crippen molar-refractivity contribution in [2.75, 3.05) is 18.1 Å². The number of nitrogens with zero attached hydrogens (tertiary/aromatic N) is 1. The summed E-state index contributed by atoms with van der Waals surface area (Å²) >= 11 is 3.36. The Morgan fingerprint density at radius 1 is 1.25 bits per heavy atom. The van der Waals surface area contributed by atoms with Gasteiger partial charge in [0.2, 0.25) is 0 Å². The van der Waals surface area contributed by atoms with Crippen molar-refractivity contribution in [3.63, 3.8) is 0 Å². The molecule has 0 heterocycles. The van der Waals surface area contributed by atoms with Crippen LogP contribution in [0.4, 0.5) is 0 Å². The number of carbonyl (C=O) groups is 1. The van der Waals surface area contributed by atoms with Gasteiger partial charge in [-0.05, 0) is 44.5 Å². The van der Waals surface area contributed by atoms with E-state index < -0.39 is 9.84 Å². The molecule has 112 valence electrons. The number of sulfone groups is 1. The molecule has 0 saturated carbocycles. The zero-order valence-electron chi connectivity index (χ0n) is 12.0. The summed E-state index contributed by atoms with van der Waals surface area (Å²) < 4.78 is 22.8. The SMILES string of the molecule is CC(C)N(CCCBr)C(=O)c1ccc(S(C)(=O)=O)cc1. The standard InChI is InChI=1S/C14H20BrNO3S/c1-11(2)16(10-4-9-15)14(17)12-5-7-13(8-6-12)20(3,18)19/h5-8,11H,4,9-10H2,1-3H3. The minimum atomic E-state index is -3.23. The normalized spacial score (nSPS) is 11.7. The third-order valence-electron chi connectivity index (χ3n) is 2.95. The zero-order valence-corrected chi connectivity index (χ0v) is 14.4. The first-order valence-corrected chi connectivity index (χ1v) is 9.45. The first-order valence-electron chi connectivity index (χ1n) is 6.44. The van der Waals surface area contributed by atoms with Crippen LogP contribution in [0, 0.1) is 0 Å². The molecule has 0 saturated heterocycles. The van der Waals surface area contributed by atoms with Crippen LogP contribution in [0.2, 0.25) is 0 Å². The average molecular weight is 362 g/mol. The molecule has 0 aliphatic carbocycles. The van der Waals surface area contributed by atoms with E-state index in [2.05, 4.69) is 15.9 Å². The number of hydrogen-bond acceptors (Lipinski definition) is 3. The maximum atomic E-state index is 12.4. The first-order chi connectivity index (χ1) is 9.27. The Bertz CT molecular complexity index is 552. The lowest BCUT2D eigenvalue weighted by Crippen LogP contribution is -2.37. The highest BCUT2D eigenvalue weighted by molar-refractivity contribution is 9.09. The maximum Gasteiger partial charge on any atom is 0.254 e. The van der Waals surface area contributed by atoms with E-state index in [0.717, 1.165) is 18.0 Å². The molecule has 1 rings (SSSR count). The third kappa shape index (κ3) is 4.59. The van der Waals surface area contributed by atoms with Gasteiger partial charge in [0, 0.05) is 29.7 Å². The number of hydrogen-bond donors (Lipinski definition) is 0. The minimum absolute atomic E-state index is 0.0685. The lowest BCUT2D eigenvalue weighted by atomic mass is 10.1. The number of alkyl halides is 1. The Hall–Kier alpha value is -0.880. The van der Waals surface area contributed by atoms with Crippen LogP contribution >= 0.6 is 15.9 Å². The summed E-state index contributed by atoms with van der Waals surface area (Å²) in [6.07, 6.45) is 2.03. The molecule has 0 bridgehead atoms. The van der Waals surface area contributed by atoms with Gasteiger partial charge in [0.25, 0.3) is 5.91 Å². The Balaban J connectivity index is 2.95. The maximum absolute atomic E-state index is 12.4. The van der Waals surface area contributed by atoms with Crippen LogP contribution in [-0.4, -0.2) is 43.4 Å². The molecule has 1 aromatic carbocycles. The summed E-state index contributed by atoms with van der Waals surface area (Å²) in [5.74, 6) is -0.0685. The molecule has 0 aromatic heterocycles. The molecule has 0 spiro atoms. The van der Waals surface area contributed by atoms with Gasteiger partial charge in [-0.1, -0.05) is 15.9 Å². The molecule has 0 radical (unpaired) electrons. The van der Waals surface area contributed by atoms with E-state index in [4.69, 9.17) is 0 Å². The van der Waals surface area contributed by atoms with Crippen LogP contribution in [0.3, 0.4) is 0 Å². The molecule has 6 heteroatoms. The van der Waals surface area contributed by atoms with Gasteiger partial charge in [0.15, 0.2) is 9.84 Å². The predicted octanol–water partition coefficient (Wildman–Crippen LogP) is 2.73. The second kappa shape index (κ2) is 7.22. The second-order valence-corrected chi connectivity index (χ2v) is 7.74. The fourth-order valence-electron chi connectivity index (χ4n) is 1.83. The smallest absolute Gasteiger partial charge is 0.254 e. The van der Waals surface area contributed by atoms with Gasteiger partial charge in [0.1, 0.15) is 0 Å². The van der Waals surface area contributed by atoms with Crippen molar-refractivity contribution in [1.82, 2.24) is 4.90 Å². The van der Waals surface area contributed by atoms with Crippen LogP contribution in [0.15, 0.2) is 29.2 Å². The summed E-state index contributed by atoms with van der Waals surface area (Å²) in [5.41, 5.74) is 0.515. The Morgan fingerprint density at radius 2 is 1.80 bits per heavy atom. The lowest BCUT2D eigenvalue weighted by Gasteiger charge is -2.26. The van der Waals surface area contributed by atoms with Gasteiger partial charge >= 0.3 is 0 Å². The average Bonchev–Trinajstić information content (AvgIpc) is 2.37. The molecule has 1 amide bonds. The molecule has 0 N–H and O–H groups in total. The van der Waals surface area contributed by atoms with Crippen molar-refractivity contribution in [1.29, 1.82) is 0 Å². The highest BCUT2D eigenvalue weighted by Crippen LogP contribution is 2.14. The quantitative estimate of drug-likeness (QED) is 0.732. The fourth-order valence-corrected chi connectivity index (χ4v) is 2.72. The first kappa shape index (κ1) is 17.2. The monoisotopic (exact) mass is 361 g/mol. The van der Waals surface area contributed by atoms with Crippen molar-refractivity contribution < 1.29 is 13.2 Å². The third-order valence-corrected chi connectivity index (χ3v) is 4.64. The van der Waals surface area contributed by atoms with Gasteiger partial charge in [0.05, 0.1) is 4.90 Å². The van der Waals surface area contributed by atoms with Gasteiger partial charge in [-0.25, -0.2) is 8.42 Å². The number of benzene rings is 1. The molecule has 0 fully saturated rings. The van der Waals surface area contributed by atoms with Gasteiger partial charge < -0.3 is 4.90 Å². The topological polar surface area (TPSA) is 54.5 Å². The van der Waals surface area contributed by atoms with Crippen molar-refractivity contribution in [2.24, 2.45) is 0 Å². The summed E-state index contributed by atoms with van der Waals surface area (Å²) in [4.78, 5) is 14.4. The van der Waals surface area contributed by atoms with Gasteiger partial charge in [-0.15, -0.1) is 0 Å². The molecule has 1 aromatic rings.